The number of carboxylic acid groups (broad SMARTS) is 1. The van der Waals surface area contributed by atoms with E-state index in [0.29, 0.717) is 11.6 Å². The lowest BCUT2D eigenvalue weighted by Gasteiger charge is -2.13. The molecule has 0 atom stereocenters. The van der Waals surface area contributed by atoms with Gasteiger partial charge in [0.25, 0.3) is 0 Å². The molecule has 0 bridgehead atoms. The van der Waals surface area contributed by atoms with Crippen molar-refractivity contribution in [3.05, 3.63) is 46.8 Å². The maximum absolute atomic E-state index is 11.1. The fourth-order valence-electron chi connectivity index (χ4n) is 1.84. The third-order valence-electron chi connectivity index (χ3n) is 2.62. The molecule has 1 aromatic carbocycles. The summed E-state index contributed by atoms with van der Waals surface area (Å²) in [5.41, 5.74) is 3.01. The Morgan fingerprint density at radius 2 is 1.74 bits per heavy atom. The number of aromatic nitrogens is 2. The third-order valence-corrected chi connectivity index (χ3v) is 2.62. The number of hydrogen-bond acceptors (Lipinski definition) is 5. The normalized spacial score (nSPS) is 10.3. The summed E-state index contributed by atoms with van der Waals surface area (Å²) < 4.78 is 0. The molecule has 0 radical (unpaired) electrons. The van der Waals surface area contributed by atoms with Crippen LogP contribution >= 0.6 is 0 Å². The molecule has 2 rings (SSSR count). The first-order valence-corrected chi connectivity index (χ1v) is 5.87. The van der Waals surface area contributed by atoms with Crippen LogP contribution in [0, 0.1) is 20.8 Å². The molecule has 5 nitrogen and oxygen atoms in total. The molecule has 98 valence electrons. The average molecular weight is 256 g/mol. The number of hydrogen-bond donors (Lipinski definition) is 1. The molecule has 0 fully saturated rings. The van der Waals surface area contributed by atoms with Crippen molar-refractivity contribution in [1.29, 1.82) is 0 Å². The molecule has 0 saturated carbocycles. The van der Waals surface area contributed by atoms with E-state index in [-0.39, 0.29) is 5.56 Å². The van der Waals surface area contributed by atoms with Gasteiger partial charge in [-0.15, -0.1) is 0 Å². The Morgan fingerprint density at radius 1 is 1.11 bits per heavy atom. The van der Waals surface area contributed by atoms with Gasteiger partial charge in [-0.1, -0.05) is 11.6 Å². The SMILES string of the molecule is Cc1ccc(Nc2nc(C)cc(C)n2)c(C(=O)[O-])c1. The monoisotopic (exact) mass is 256 g/mol. The number of rotatable bonds is 3. The Bertz CT molecular complexity index is 618. The Labute approximate surface area is 111 Å². The topological polar surface area (TPSA) is 77.9 Å². The minimum Gasteiger partial charge on any atom is -0.545 e. The lowest BCUT2D eigenvalue weighted by molar-refractivity contribution is -0.254. The van der Waals surface area contributed by atoms with Crippen LogP contribution in [0.25, 0.3) is 0 Å². The largest absolute Gasteiger partial charge is 0.545 e. The van der Waals surface area contributed by atoms with E-state index in [9.17, 15) is 9.90 Å². The molecule has 0 unspecified atom stereocenters. The van der Waals surface area contributed by atoms with Crippen LogP contribution in [0.3, 0.4) is 0 Å². The Morgan fingerprint density at radius 3 is 2.32 bits per heavy atom. The molecule has 0 saturated heterocycles. The number of anilines is 2. The van der Waals surface area contributed by atoms with E-state index in [1.165, 1.54) is 0 Å². The van der Waals surface area contributed by atoms with E-state index in [2.05, 4.69) is 15.3 Å². The van der Waals surface area contributed by atoms with Gasteiger partial charge < -0.3 is 15.2 Å². The number of nitrogens with one attached hydrogen (secondary N) is 1. The van der Waals surface area contributed by atoms with Crippen molar-refractivity contribution in [3.63, 3.8) is 0 Å². The van der Waals surface area contributed by atoms with Gasteiger partial charge in [0.1, 0.15) is 0 Å². The van der Waals surface area contributed by atoms with Crippen molar-refractivity contribution >= 4 is 17.6 Å². The summed E-state index contributed by atoms with van der Waals surface area (Å²) in [4.78, 5) is 19.5. The van der Waals surface area contributed by atoms with Gasteiger partial charge in [-0.2, -0.15) is 0 Å². The Balaban J connectivity index is 2.40. The summed E-state index contributed by atoms with van der Waals surface area (Å²) in [5, 5.41) is 14.0. The van der Waals surface area contributed by atoms with Crippen molar-refractivity contribution in [2.24, 2.45) is 0 Å². The molecular formula is C14H14N3O2-. The van der Waals surface area contributed by atoms with Crippen LogP contribution in [0.1, 0.15) is 27.3 Å². The Kier molecular flexibility index (Phi) is 3.46. The highest BCUT2D eigenvalue weighted by atomic mass is 16.4. The standard InChI is InChI=1S/C14H15N3O2/c1-8-4-5-12(11(6-8)13(18)19)17-14-15-9(2)7-10(3)16-14/h4-7H,1-3H3,(H,18,19)(H,15,16,17)/p-1. The van der Waals surface area contributed by atoms with Crippen molar-refractivity contribution in [3.8, 4) is 0 Å². The van der Waals surface area contributed by atoms with Gasteiger partial charge in [0, 0.05) is 17.0 Å². The second-order valence-electron chi connectivity index (χ2n) is 4.44. The second-order valence-corrected chi connectivity index (χ2v) is 4.44. The quantitative estimate of drug-likeness (QED) is 0.900. The van der Waals surface area contributed by atoms with Crippen LogP contribution in [-0.4, -0.2) is 15.9 Å². The van der Waals surface area contributed by atoms with Crippen molar-refractivity contribution in [2.75, 3.05) is 5.32 Å². The minimum atomic E-state index is -1.23. The predicted molar refractivity (Wildman–Crippen MR) is 70.3 cm³/mol. The van der Waals surface area contributed by atoms with E-state index in [1.807, 2.05) is 32.9 Å². The number of carbonyl (C=O) groups is 1. The van der Waals surface area contributed by atoms with E-state index in [1.54, 1.807) is 12.1 Å². The van der Waals surface area contributed by atoms with Gasteiger partial charge >= 0.3 is 0 Å². The number of carbonyl (C=O) groups excluding carboxylic acids is 1. The number of nitrogens with zero attached hydrogens (tertiary/aromatic N) is 2. The van der Waals surface area contributed by atoms with Gasteiger partial charge in [0.15, 0.2) is 0 Å². The zero-order chi connectivity index (χ0) is 14.0. The molecule has 2 aromatic rings. The van der Waals surface area contributed by atoms with Crippen LogP contribution in [0.5, 0.6) is 0 Å². The van der Waals surface area contributed by atoms with Gasteiger partial charge in [0.2, 0.25) is 5.95 Å². The molecule has 0 amide bonds. The van der Waals surface area contributed by atoms with Gasteiger partial charge in [-0.05, 0) is 39.0 Å². The highest BCUT2D eigenvalue weighted by Gasteiger charge is 2.06. The van der Waals surface area contributed by atoms with E-state index >= 15 is 0 Å². The molecule has 1 heterocycles. The van der Waals surface area contributed by atoms with Crippen LogP contribution in [0.4, 0.5) is 11.6 Å². The highest BCUT2D eigenvalue weighted by Crippen LogP contribution is 2.20. The highest BCUT2D eigenvalue weighted by molar-refractivity contribution is 5.93. The maximum Gasteiger partial charge on any atom is 0.227 e. The number of aromatic carboxylic acids is 1. The van der Waals surface area contributed by atoms with Crippen molar-refractivity contribution < 1.29 is 9.90 Å². The summed E-state index contributed by atoms with van der Waals surface area (Å²) in [6, 6.07) is 6.90. The summed E-state index contributed by atoms with van der Waals surface area (Å²) in [6.07, 6.45) is 0. The molecule has 0 aliphatic heterocycles. The second kappa shape index (κ2) is 5.06. The van der Waals surface area contributed by atoms with Crippen LogP contribution in [0.2, 0.25) is 0 Å². The van der Waals surface area contributed by atoms with Gasteiger partial charge in [-0.3, -0.25) is 0 Å². The van der Waals surface area contributed by atoms with Gasteiger partial charge in [-0.25, -0.2) is 9.97 Å². The Hall–Kier alpha value is -2.43. The fraction of sp³-hybridized carbons (Fsp3) is 0.214. The van der Waals surface area contributed by atoms with E-state index < -0.39 is 5.97 Å². The summed E-state index contributed by atoms with van der Waals surface area (Å²) in [7, 11) is 0. The smallest absolute Gasteiger partial charge is 0.227 e. The fourth-order valence-corrected chi connectivity index (χ4v) is 1.84. The molecule has 0 spiro atoms. The number of benzene rings is 1. The summed E-state index contributed by atoms with van der Waals surface area (Å²) in [6.45, 7) is 5.53. The first-order chi connectivity index (χ1) is 8.95. The van der Waals surface area contributed by atoms with E-state index in [0.717, 1.165) is 17.0 Å². The lowest BCUT2D eigenvalue weighted by Crippen LogP contribution is -2.23. The first-order valence-electron chi connectivity index (χ1n) is 5.87. The van der Waals surface area contributed by atoms with Crippen LogP contribution in [-0.2, 0) is 0 Å². The average Bonchev–Trinajstić information content (AvgIpc) is 2.30. The van der Waals surface area contributed by atoms with Gasteiger partial charge in [0.05, 0.1) is 11.7 Å². The van der Waals surface area contributed by atoms with E-state index in [4.69, 9.17) is 0 Å². The van der Waals surface area contributed by atoms with Crippen molar-refractivity contribution in [2.45, 2.75) is 20.8 Å². The summed E-state index contributed by atoms with van der Waals surface area (Å²) >= 11 is 0. The maximum atomic E-state index is 11.1. The zero-order valence-corrected chi connectivity index (χ0v) is 11.0. The molecule has 1 N–H and O–H groups in total. The molecule has 0 aliphatic carbocycles. The minimum absolute atomic E-state index is 0.0998. The van der Waals surface area contributed by atoms with Crippen molar-refractivity contribution in [1.82, 2.24) is 9.97 Å². The molecular weight excluding hydrogens is 242 g/mol. The number of aryl methyl sites for hydroxylation is 3. The molecule has 19 heavy (non-hydrogen) atoms. The molecule has 1 aromatic heterocycles. The third kappa shape index (κ3) is 3.07. The predicted octanol–water partition coefficient (Wildman–Crippen LogP) is 1.51. The molecule has 5 heteroatoms. The molecule has 0 aliphatic rings. The summed E-state index contributed by atoms with van der Waals surface area (Å²) in [5.74, 6) is -0.848. The van der Waals surface area contributed by atoms with Crippen LogP contribution < -0.4 is 10.4 Å². The first kappa shape index (κ1) is 13.0. The zero-order valence-electron chi connectivity index (χ0n) is 11.0. The number of carboxylic acids is 1. The lowest BCUT2D eigenvalue weighted by atomic mass is 10.1. The van der Waals surface area contributed by atoms with Crippen LogP contribution in [0.15, 0.2) is 24.3 Å².